The number of esters is 2. The van der Waals surface area contributed by atoms with Crippen molar-refractivity contribution in [1.29, 1.82) is 0 Å². The van der Waals surface area contributed by atoms with Gasteiger partial charge in [-0.2, -0.15) is 0 Å². The maximum Gasteiger partial charge on any atom is 0.306 e. The van der Waals surface area contributed by atoms with E-state index in [1.807, 2.05) is 21.1 Å². The summed E-state index contributed by atoms with van der Waals surface area (Å²) in [6.45, 7) is 4.72. The van der Waals surface area contributed by atoms with Crippen LogP contribution in [-0.4, -0.2) is 75.5 Å². The van der Waals surface area contributed by atoms with Crippen molar-refractivity contribution in [3.8, 4) is 0 Å². The van der Waals surface area contributed by atoms with Gasteiger partial charge in [0.15, 0.2) is 6.10 Å². The van der Waals surface area contributed by atoms with E-state index >= 15 is 0 Å². The molecule has 0 amide bonds. The van der Waals surface area contributed by atoms with Gasteiger partial charge in [-0.3, -0.25) is 9.59 Å². The van der Waals surface area contributed by atoms with Gasteiger partial charge in [0.2, 0.25) is 0 Å². The molecule has 0 rings (SSSR count). The molecule has 0 aliphatic rings. The van der Waals surface area contributed by atoms with Gasteiger partial charge >= 0.3 is 11.9 Å². The van der Waals surface area contributed by atoms with E-state index in [4.69, 9.17) is 14.2 Å². The maximum atomic E-state index is 12.8. The Bertz CT molecular complexity index is 1070. The molecule has 0 spiro atoms. The predicted octanol–water partition coefficient (Wildman–Crippen LogP) is 15.3. The molecular weight excluding hydrogens is 811 g/mol. The van der Waals surface area contributed by atoms with Gasteiger partial charge in [0.05, 0.1) is 40.3 Å². The summed E-state index contributed by atoms with van der Waals surface area (Å²) in [6.07, 6.45) is 55.3. The smallest absolute Gasteiger partial charge is 0.306 e. The highest BCUT2D eigenvalue weighted by atomic mass is 16.6. The molecule has 0 aromatic rings. The Labute approximate surface area is 403 Å². The standard InChI is InChI=1S/C57H109NO7/c1-6-8-10-12-14-16-18-20-22-24-26-28-30-32-34-36-38-40-42-44-46-48-56(60)65-53(51-63-50-49-54(57(61)62)58(3,4)5)52-64-55(59)47-45-43-41-39-37-35-33-31-29-27-25-23-21-19-17-15-13-11-9-7-2/h24,26,53-54H,6-23,25,27-52H2,1-5H3/b26-24-. The molecule has 0 radical (unpaired) electrons. The van der Waals surface area contributed by atoms with Crippen molar-refractivity contribution in [2.75, 3.05) is 41.0 Å². The summed E-state index contributed by atoms with van der Waals surface area (Å²) in [5.41, 5.74) is 0. The molecule has 0 aromatic carbocycles. The van der Waals surface area contributed by atoms with E-state index in [-0.39, 0.29) is 42.7 Å². The molecule has 0 saturated carbocycles. The Hall–Kier alpha value is -1.93. The van der Waals surface area contributed by atoms with Crippen LogP contribution in [0, 0.1) is 0 Å². The number of nitrogens with zero attached hydrogens (tertiary/aromatic N) is 1. The molecule has 0 aliphatic heterocycles. The molecule has 2 atom stereocenters. The van der Waals surface area contributed by atoms with Crippen molar-refractivity contribution < 1.29 is 38.2 Å². The topological polar surface area (TPSA) is 102 Å². The number of carbonyl (C=O) groups excluding carboxylic acids is 3. The summed E-state index contributed by atoms with van der Waals surface area (Å²) in [5.74, 6) is -1.71. The van der Waals surface area contributed by atoms with Crippen LogP contribution in [0.5, 0.6) is 0 Å². The minimum Gasteiger partial charge on any atom is -0.544 e. The number of unbranched alkanes of at least 4 members (excludes halogenated alkanes) is 36. The zero-order valence-electron chi connectivity index (χ0n) is 43.9. The van der Waals surface area contributed by atoms with E-state index < -0.39 is 18.1 Å². The summed E-state index contributed by atoms with van der Waals surface area (Å²) < 4.78 is 17.3. The second-order valence-electron chi connectivity index (χ2n) is 20.5. The number of carbonyl (C=O) groups is 3. The van der Waals surface area contributed by atoms with E-state index in [0.29, 0.717) is 12.8 Å². The summed E-state index contributed by atoms with van der Waals surface area (Å²) in [7, 11) is 5.43. The fourth-order valence-electron chi connectivity index (χ4n) is 8.78. The van der Waals surface area contributed by atoms with Crippen LogP contribution in [0.4, 0.5) is 0 Å². The lowest BCUT2D eigenvalue weighted by atomic mass is 10.0. The Balaban J connectivity index is 4.15. The number of hydrogen-bond donors (Lipinski definition) is 0. The van der Waals surface area contributed by atoms with Gasteiger partial charge in [0.1, 0.15) is 12.6 Å². The number of ether oxygens (including phenoxy) is 3. The van der Waals surface area contributed by atoms with Crippen molar-refractivity contribution >= 4 is 17.9 Å². The Morgan fingerprint density at radius 2 is 0.769 bits per heavy atom. The van der Waals surface area contributed by atoms with E-state index in [0.717, 1.165) is 38.5 Å². The quantitative estimate of drug-likeness (QED) is 0.0259. The summed E-state index contributed by atoms with van der Waals surface area (Å²) in [4.78, 5) is 37.1. The number of allylic oxidation sites excluding steroid dienone is 2. The minimum atomic E-state index is -1.12. The van der Waals surface area contributed by atoms with Gasteiger partial charge < -0.3 is 28.6 Å². The number of quaternary nitrogens is 1. The molecule has 8 nitrogen and oxygen atoms in total. The lowest BCUT2D eigenvalue weighted by Gasteiger charge is -2.34. The fourth-order valence-corrected chi connectivity index (χ4v) is 8.78. The number of likely N-dealkylation sites (N-methyl/N-ethyl adjacent to an activating group) is 1. The highest BCUT2D eigenvalue weighted by molar-refractivity contribution is 5.70. The average molecular weight is 920 g/mol. The van der Waals surface area contributed by atoms with Gasteiger partial charge in [-0.15, -0.1) is 0 Å². The minimum absolute atomic E-state index is 0.0465. The number of rotatable bonds is 52. The second-order valence-corrected chi connectivity index (χ2v) is 20.5. The van der Waals surface area contributed by atoms with Gasteiger partial charge in [-0.05, 0) is 38.5 Å². The molecule has 0 fully saturated rings. The third kappa shape index (κ3) is 46.9. The number of hydrogen-bond acceptors (Lipinski definition) is 7. The van der Waals surface area contributed by atoms with Crippen molar-refractivity contribution in [2.45, 2.75) is 296 Å². The van der Waals surface area contributed by atoms with Gasteiger partial charge in [0.25, 0.3) is 0 Å². The zero-order valence-corrected chi connectivity index (χ0v) is 43.9. The molecule has 0 aromatic heterocycles. The molecule has 0 N–H and O–H groups in total. The third-order valence-electron chi connectivity index (χ3n) is 13.2. The first-order valence-electron chi connectivity index (χ1n) is 28.2. The number of carboxylic acids is 1. The lowest BCUT2D eigenvalue weighted by molar-refractivity contribution is -0.889. The SMILES string of the molecule is CCCCCCCCCC/C=C\CCCCCCCCCCCC(=O)OC(COCCC(C(=O)[O-])[N+](C)(C)C)COC(=O)CCCCCCCCCCCCCCCCCCCCCC. The predicted molar refractivity (Wildman–Crippen MR) is 273 cm³/mol. The highest BCUT2D eigenvalue weighted by Gasteiger charge is 2.25. The highest BCUT2D eigenvalue weighted by Crippen LogP contribution is 2.17. The largest absolute Gasteiger partial charge is 0.544 e. The van der Waals surface area contributed by atoms with Crippen LogP contribution in [0.3, 0.4) is 0 Å². The first-order chi connectivity index (χ1) is 31.6. The van der Waals surface area contributed by atoms with Crippen LogP contribution >= 0.6 is 0 Å². The fraction of sp³-hybridized carbons (Fsp3) is 0.912. The molecule has 0 heterocycles. The number of aliphatic carboxylic acids is 1. The van der Waals surface area contributed by atoms with Crippen molar-refractivity contribution in [2.24, 2.45) is 0 Å². The molecular formula is C57H109NO7. The van der Waals surface area contributed by atoms with Crippen molar-refractivity contribution in [3.63, 3.8) is 0 Å². The maximum absolute atomic E-state index is 12.8. The normalized spacial score (nSPS) is 12.8. The van der Waals surface area contributed by atoms with Gasteiger partial charge in [-0.1, -0.05) is 238 Å². The summed E-state index contributed by atoms with van der Waals surface area (Å²) >= 11 is 0. The van der Waals surface area contributed by atoms with Gasteiger partial charge in [-0.25, -0.2) is 0 Å². The number of carboxylic acid groups (broad SMARTS) is 1. The van der Waals surface area contributed by atoms with Crippen molar-refractivity contribution in [3.05, 3.63) is 12.2 Å². The monoisotopic (exact) mass is 920 g/mol. The van der Waals surface area contributed by atoms with E-state index in [9.17, 15) is 19.5 Å². The van der Waals surface area contributed by atoms with E-state index in [1.54, 1.807) is 0 Å². The Morgan fingerprint density at radius 1 is 0.446 bits per heavy atom. The van der Waals surface area contributed by atoms with Crippen LogP contribution in [0.2, 0.25) is 0 Å². The molecule has 0 saturated heterocycles. The van der Waals surface area contributed by atoms with Crippen LogP contribution in [0.1, 0.15) is 284 Å². The van der Waals surface area contributed by atoms with Gasteiger partial charge in [0, 0.05) is 19.3 Å². The average Bonchev–Trinajstić information content (AvgIpc) is 3.27. The van der Waals surface area contributed by atoms with E-state index in [2.05, 4.69) is 26.0 Å². The first kappa shape index (κ1) is 63.1. The second kappa shape index (κ2) is 48.5. The van der Waals surface area contributed by atoms with Crippen molar-refractivity contribution in [1.82, 2.24) is 0 Å². The molecule has 65 heavy (non-hydrogen) atoms. The lowest BCUT2D eigenvalue weighted by Crippen LogP contribution is -2.55. The third-order valence-corrected chi connectivity index (χ3v) is 13.2. The molecule has 8 heteroatoms. The molecule has 384 valence electrons. The molecule has 0 aliphatic carbocycles. The van der Waals surface area contributed by atoms with E-state index in [1.165, 1.54) is 212 Å². The molecule has 0 bridgehead atoms. The Morgan fingerprint density at radius 3 is 1.11 bits per heavy atom. The molecule has 2 unspecified atom stereocenters. The van der Waals surface area contributed by atoms with Crippen LogP contribution in [0.25, 0.3) is 0 Å². The summed E-state index contributed by atoms with van der Waals surface area (Å²) in [6, 6.07) is -0.723. The summed E-state index contributed by atoms with van der Waals surface area (Å²) in [5, 5.41) is 11.7. The van der Waals surface area contributed by atoms with Crippen LogP contribution < -0.4 is 5.11 Å². The zero-order chi connectivity index (χ0) is 47.7. The van der Waals surface area contributed by atoms with Crippen LogP contribution in [-0.2, 0) is 28.6 Å². The Kier molecular flexibility index (Phi) is 47.1. The first-order valence-corrected chi connectivity index (χ1v) is 28.2. The van der Waals surface area contributed by atoms with Crippen LogP contribution in [0.15, 0.2) is 12.2 Å².